The molecule has 9 heteroatoms. The molecule has 1 aromatic carbocycles. The molecule has 7 nitrogen and oxygen atoms in total. The highest BCUT2D eigenvalue weighted by Crippen LogP contribution is 2.24. The van der Waals surface area contributed by atoms with Crippen LogP contribution >= 0.6 is 11.8 Å². The Kier molecular flexibility index (Phi) is 6.21. The van der Waals surface area contributed by atoms with Gasteiger partial charge < -0.3 is 9.47 Å². The van der Waals surface area contributed by atoms with Crippen LogP contribution in [0.4, 0.5) is 0 Å². The molecule has 0 bridgehead atoms. The van der Waals surface area contributed by atoms with Gasteiger partial charge in [0.15, 0.2) is 20.8 Å². The van der Waals surface area contributed by atoms with Crippen molar-refractivity contribution >= 4 is 27.5 Å². The first-order chi connectivity index (χ1) is 12.9. The van der Waals surface area contributed by atoms with E-state index >= 15 is 0 Å². The maximum Gasteiger partial charge on any atom is 0.233 e. The first-order valence-corrected chi connectivity index (χ1v) is 11.8. The number of hydrogen-bond donors (Lipinski definition) is 0. The van der Waals surface area contributed by atoms with Crippen LogP contribution in [-0.2, 0) is 21.7 Å². The Hall–Kier alpha value is -1.87. The molecule has 27 heavy (non-hydrogen) atoms. The average molecular weight is 409 g/mol. The average Bonchev–Trinajstić information content (AvgIpc) is 3.20. The largest absolute Gasteiger partial charge is 0.338 e. The van der Waals surface area contributed by atoms with Crippen LogP contribution in [0.2, 0.25) is 0 Å². The maximum atomic E-state index is 12.7. The first kappa shape index (κ1) is 19.9. The zero-order chi connectivity index (χ0) is 19.4. The fourth-order valence-electron chi connectivity index (χ4n) is 3.26. The maximum absolute atomic E-state index is 12.7. The van der Waals surface area contributed by atoms with Gasteiger partial charge in [-0.15, -0.1) is 10.2 Å². The van der Waals surface area contributed by atoms with E-state index in [0.29, 0.717) is 18.1 Å². The van der Waals surface area contributed by atoms with Gasteiger partial charge in [0.25, 0.3) is 0 Å². The van der Waals surface area contributed by atoms with Gasteiger partial charge in [-0.1, -0.05) is 49.0 Å². The van der Waals surface area contributed by atoms with Crippen LogP contribution in [0.3, 0.4) is 0 Å². The van der Waals surface area contributed by atoms with Crippen molar-refractivity contribution in [2.75, 3.05) is 23.8 Å². The van der Waals surface area contributed by atoms with Crippen LogP contribution in [0.25, 0.3) is 11.4 Å². The molecular formula is C18H24N4O3S2. The van der Waals surface area contributed by atoms with Gasteiger partial charge in [0, 0.05) is 25.2 Å². The smallest absolute Gasteiger partial charge is 0.233 e. The third kappa shape index (κ3) is 4.70. The minimum absolute atomic E-state index is 0.0480. The Morgan fingerprint density at radius 3 is 2.67 bits per heavy atom. The molecule has 1 amide bonds. The molecule has 3 rings (SSSR count). The summed E-state index contributed by atoms with van der Waals surface area (Å²) in [5.41, 5.74) is 0.967. The molecule has 1 saturated heterocycles. The Morgan fingerprint density at radius 1 is 1.30 bits per heavy atom. The Balaban J connectivity index is 1.67. The van der Waals surface area contributed by atoms with E-state index in [9.17, 15) is 13.2 Å². The van der Waals surface area contributed by atoms with E-state index in [1.54, 1.807) is 4.90 Å². The minimum atomic E-state index is -3.02. The van der Waals surface area contributed by atoms with Crippen molar-refractivity contribution in [3.8, 4) is 11.4 Å². The van der Waals surface area contributed by atoms with E-state index in [-0.39, 0.29) is 29.2 Å². The highest BCUT2D eigenvalue weighted by atomic mass is 32.2. The molecule has 0 saturated carbocycles. The van der Waals surface area contributed by atoms with Crippen LogP contribution < -0.4 is 0 Å². The van der Waals surface area contributed by atoms with E-state index in [2.05, 4.69) is 10.2 Å². The van der Waals surface area contributed by atoms with Gasteiger partial charge in [-0.25, -0.2) is 8.42 Å². The number of rotatable bonds is 7. The lowest BCUT2D eigenvalue weighted by atomic mass is 10.2. The van der Waals surface area contributed by atoms with Gasteiger partial charge in [0.05, 0.1) is 17.3 Å². The third-order valence-electron chi connectivity index (χ3n) is 4.63. The fraction of sp³-hybridized carbons (Fsp3) is 0.500. The lowest BCUT2D eigenvalue weighted by Gasteiger charge is -2.27. The lowest BCUT2D eigenvalue weighted by molar-refractivity contribution is -0.130. The summed E-state index contributed by atoms with van der Waals surface area (Å²) < 4.78 is 25.4. The fourth-order valence-corrected chi connectivity index (χ4v) is 5.79. The normalized spacial score (nSPS) is 18.5. The van der Waals surface area contributed by atoms with Crippen LogP contribution in [0.15, 0.2) is 35.5 Å². The van der Waals surface area contributed by atoms with E-state index in [1.807, 2.05) is 48.9 Å². The number of aromatic nitrogens is 3. The molecule has 146 valence electrons. The number of amides is 1. The second kappa shape index (κ2) is 8.43. The van der Waals surface area contributed by atoms with E-state index in [1.165, 1.54) is 11.8 Å². The number of thioether (sulfide) groups is 1. The molecule has 1 atom stereocenters. The Bertz CT molecular complexity index is 897. The molecular weight excluding hydrogens is 384 g/mol. The molecule has 1 aliphatic heterocycles. The van der Waals surface area contributed by atoms with Crippen LogP contribution in [0, 0.1) is 0 Å². The number of nitrogens with zero attached hydrogens (tertiary/aromatic N) is 4. The number of hydrogen-bond acceptors (Lipinski definition) is 6. The van der Waals surface area contributed by atoms with Gasteiger partial charge >= 0.3 is 0 Å². The SMILES string of the molecule is CCCN(C(=O)CSc1nnc(-c2ccccc2)n1C)[C@H]1CCS(=O)(=O)C1. The van der Waals surface area contributed by atoms with Crippen molar-refractivity contribution in [3.05, 3.63) is 30.3 Å². The summed E-state index contributed by atoms with van der Waals surface area (Å²) in [6.07, 6.45) is 1.33. The zero-order valence-corrected chi connectivity index (χ0v) is 17.2. The highest BCUT2D eigenvalue weighted by molar-refractivity contribution is 7.99. The van der Waals surface area contributed by atoms with Gasteiger partial charge in [0.2, 0.25) is 5.91 Å². The molecule has 1 aromatic heterocycles. The topological polar surface area (TPSA) is 85.2 Å². The predicted molar refractivity (Wildman–Crippen MR) is 106 cm³/mol. The molecule has 0 aliphatic carbocycles. The molecule has 0 N–H and O–H groups in total. The number of carbonyl (C=O) groups excluding carboxylic acids is 1. The van der Waals surface area contributed by atoms with Crippen molar-refractivity contribution in [3.63, 3.8) is 0 Å². The molecule has 1 fully saturated rings. The zero-order valence-electron chi connectivity index (χ0n) is 15.5. The predicted octanol–water partition coefficient (Wildman–Crippen LogP) is 2.00. The monoisotopic (exact) mass is 408 g/mol. The summed E-state index contributed by atoms with van der Waals surface area (Å²) in [4.78, 5) is 14.5. The van der Waals surface area contributed by atoms with Crippen LogP contribution in [0.1, 0.15) is 19.8 Å². The highest BCUT2D eigenvalue weighted by Gasteiger charge is 2.34. The van der Waals surface area contributed by atoms with Crippen molar-refractivity contribution < 1.29 is 13.2 Å². The second-order valence-corrected chi connectivity index (χ2v) is 9.84. The molecule has 0 spiro atoms. The molecule has 2 heterocycles. The van der Waals surface area contributed by atoms with E-state index < -0.39 is 9.84 Å². The van der Waals surface area contributed by atoms with Gasteiger partial charge in [0.1, 0.15) is 0 Å². The third-order valence-corrected chi connectivity index (χ3v) is 7.38. The molecule has 0 unspecified atom stereocenters. The second-order valence-electron chi connectivity index (χ2n) is 6.66. The van der Waals surface area contributed by atoms with Crippen molar-refractivity contribution in [2.45, 2.75) is 31.0 Å². The summed E-state index contributed by atoms with van der Waals surface area (Å²) in [5, 5.41) is 9.09. The van der Waals surface area contributed by atoms with Crippen molar-refractivity contribution in [1.82, 2.24) is 19.7 Å². The summed E-state index contributed by atoms with van der Waals surface area (Å²) >= 11 is 1.33. The Morgan fingerprint density at radius 2 is 2.04 bits per heavy atom. The number of carbonyl (C=O) groups is 1. The standard InChI is InChI=1S/C18H24N4O3S2/c1-3-10-22(15-9-11-27(24,25)13-15)16(23)12-26-18-20-19-17(21(18)2)14-7-5-4-6-8-14/h4-8,15H,3,9-13H2,1-2H3/t15-/m0/s1. The summed E-state index contributed by atoms with van der Waals surface area (Å²) in [5.74, 6) is 1.16. The lowest BCUT2D eigenvalue weighted by Crippen LogP contribution is -2.42. The first-order valence-electron chi connectivity index (χ1n) is 8.99. The summed E-state index contributed by atoms with van der Waals surface area (Å²) in [6, 6.07) is 9.56. The van der Waals surface area contributed by atoms with Gasteiger partial charge in [-0.05, 0) is 12.8 Å². The van der Waals surface area contributed by atoms with Gasteiger partial charge in [-0.2, -0.15) is 0 Å². The van der Waals surface area contributed by atoms with Gasteiger partial charge in [-0.3, -0.25) is 4.79 Å². The molecule has 2 aromatic rings. The van der Waals surface area contributed by atoms with Crippen LogP contribution in [-0.4, -0.2) is 63.8 Å². The quantitative estimate of drug-likeness (QED) is 0.652. The van der Waals surface area contributed by atoms with Crippen LogP contribution in [0.5, 0.6) is 0 Å². The number of benzene rings is 1. The Labute approximate surface area is 164 Å². The summed E-state index contributed by atoms with van der Waals surface area (Å²) in [7, 11) is -1.14. The van der Waals surface area contributed by atoms with E-state index in [4.69, 9.17) is 0 Å². The molecule has 1 aliphatic rings. The summed E-state index contributed by atoms with van der Waals surface area (Å²) in [6.45, 7) is 2.57. The number of sulfone groups is 1. The minimum Gasteiger partial charge on any atom is -0.338 e. The van der Waals surface area contributed by atoms with Crippen molar-refractivity contribution in [2.24, 2.45) is 7.05 Å². The molecule has 0 radical (unpaired) electrons. The van der Waals surface area contributed by atoms with Crippen molar-refractivity contribution in [1.29, 1.82) is 0 Å². The van der Waals surface area contributed by atoms with E-state index in [0.717, 1.165) is 17.8 Å².